The number of hydrogen-bond donors (Lipinski definition) is 1. The standard InChI is InChI=1S/C18H19NO/c19-17(14-6-2-1-3-7-14)18(20)16-11-5-10-15(12-16)13-8-4-9-13/h1-3,5-7,10-13,17H,4,8-9,19H2/t17-/m1/s1. The Balaban J connectivity index is 1.83. The third-order valence-electron chi connectivity index (χ3n) is 4.19. The minimum Gasteiger partial charge on any atom is -0.318 e. The molecule has 0 bridgehead atoms. The third kappa shape index (κ3) is 2.52. The van der Waals surface area contributed by atoms with Crippen LogP contribution in [0, 0.1) is 0 Å². The van der Waals surface area contributed by atoms with Crippen LogP contribution < -0.4 is 5.73 Å². The van der Waals surface area contributed by atoms with Gasteiger partial charge >= 0.3 is 0 Å². The summed E-state index contributed by atoms with van der Waals surface area (Å²) in [5.74, 6) is 0.632. The van der Waals surface area contributed by atoms with E-state index in [2.05, 4.69) is 6.07 Å². The van der Waals surface area contributed by atoms with Crippen LogP contribution in [0.4, 0.5) is 0 Å². The van der Waals surface area contributed by atoms with Gasteiger partial charge in [-0.05, 0) is 36.0 Å². The van der Waals surface area contributed by atoms with E-state index < -0.39 is 6.04 Å². The van der Waals surface area contributed by atoms with Crippen molar-refractivity contribution in [1.29, 1.82) is 0 Å². The Morgan fingerprint density at radius 3 is 2.45 bits per heavy atom. The average molecular weight is 265 g/mol. The number of carbonyl (C=O) groups excluding carboxylic acids is 1. The van der Waals surface area contributed by atoms with E-state index in [1.165, 1.54) is 24.8 Å². The smallest absolute Gasteiger partial charge is 0.184 e. The summed E-state index contributed by atoms with van der Waals surface area (Å²) < 4.78 is 0. The van der Waals surface area contributed by atoms with E-state index in [1.54, 1.807) is 0 Å². The van der Waals surface area contributed by atoms with Gasteiger partial charge in [0.1, 0.15) is 0 Å². The normalized spacial score (nSPS) is 16.4. The Hall–Kier alpha value is -1.93. The van der Waals surface area contributed by atoms with Gasteiger partial charge in [0.05, 0.1) is 6.04 Å². The lowest BCUT2D eigenvalue weighted by Crippen LogP contribution is -2.21. The first kappa shape index (κ1) is 13.1. The molecule has 1 fully saturated rings. The van der Waals surface area contributed by atoms with Crippen molar-refractivity contribution < 1.29 is 4.79 Å². The van der Waals surface area contributed by atoms with Crippen LogP contribution in [0.15, 0.2) is 54.6 Å². The molecule has 2 aromatic rings. The summed E-state index contributed by atoms with van der Waals surface area (Å²) in [6.07, 6.45) is 3.77. The quantitative estimate of drug-likeness (QED) is 0.854. The molecule has 0 saturated heterocycles. The Morgan fingerprint density at radius 1 is 1.05 bits per heavy atom. The second-order valence-corrected chi connectivity index (χ2v) is 5.51. The molecule has 102 valence electrons. The molecule has 2 nitrogen and oxygen atoms in total. The van der Waals surface area contributed by atoms with Gasteiger partial charge in [-0.2, -0.15) is 0 Å². The van der Waals surface area contributed by atoms with Gasteiger partial charge in [-0.3, -0.25) is 4.79 Å². The molecule has 0 spiro atoms. The zero-order valence-corrected chi connectivity index (χ0v) is 11.5. The van der Waals surface area contributed by atoms with Gasteiger partial charge in [0.25, 0.3) is 0 Å². The highest BCUT2D eigenvalue weighted by molar-refractivity contribution is 6.00. The number of benzene rings is 2. The largest absolute Gasteiger partial charge is 0.318 e. The summed E-state index contributed by atoms with van der Waals surface area (Å²) >= 11 is 0. The number of carbonyl (C=O) groups is 1. The molecule has 1 aliphatic carbocycles. The summed E-state index contributed by atoms with van der Waals surface area (Å²) in [7, 11) is 0. The fraction of sp³-hybridized carbons (Fsp3) is 0.278. The first-order chi connectivity index (χ1) is 9.75. The van der Waals surface area contributed by atoms with Crippen molar-refractivity contribution in [2.75, 3.05) is 0 Å². The predicted octanol–water partition coefficient (Wildman–Crippen LogP) is 3.84. The van der Waals surface area contributed by atoms with Crippen LogP contribution in [0.5, 0.6) is 0 Å². The Labute approximate surface area is 119 Å². The topological polar surface area (TPSA) is 43.1 Å². The first-order valence-corrected chi connectivity index (χ1v) is 7.20. The molecule has 2 aromatic carbocycles. The van der Waals surface area contributed by atoms with Crippen LogP contribution in [0.1, 0.15) is 52.7 Å². The minimum atomic E-state index is -0.576. The molecular formula is C18H19NO. The molecule has 0 aliphatic heterocycles. The molecule has 3 rings (SSSR count). The molecule has 0 aromatic heterocycles. The lowest BCUT2D eigenvalue weighted by Gasteiger charge is -2.26. The van der Waals surface area contributed by atoms with Crippen molar-refractivity contribution in [3.8, 4) is 0 Å². The van der Waals surface area contributed by atoms with Gasteiger partial charge in [0.15, 0.2) is 5.78 Å². The maximum Gasteiger partial charge on any atom is 0.184 e. The number of ketones is 1. The summed E-state index contributed by atoms with van der Waals surface area (Å²) in [6.45, 7) is 0. The van der Waals surface area contributed by atoms with Crippen molar-refractivity contribution in [2.45, 2.75) is 31.2 Å². The second-order valence-electron chi connectivity index (χ2n) is 5.51. The first-order valence-electron chi connectivity index (χ1n) is 7.20. The molecule has 0 unspecified atom stereocenters. The molecule has 0 radical (unpaired) electrons. The monoisotopic (exact) mass is 265 g/mol. The highest BCUT2D eigenvalue weighted by Crippen LogP contribution is 2.36. The van der Waals surface area contributed by atoms with Crippen LogP contribution >= 0.6 is 0 Å². The number of hydrogen-bond acceptors (Lipinski definition) is 2. The summed E-state index contributed by atoms with van der Waals surface area (Å²) in [5, 5.41) is 0. The second kappa shape index (κ2) is 5.59. The van der Waals surface area contributed by atoms with Crippen LogP contribution in [-0.2, 0) is 0 Å². The van der Waals surface area contributed by atoms with Crippen LogP contribution in [0.25, 0.3) is 0 Å². The summed E-state index contributed by atoms with van der Waals surface area (Å²) in [4.78, 5) is 12.5. The van der Waals surface area contributed by atoms with Gasteiger partial charge in [0.2, 0.25) is 0 Å². The van der Waals surface area contributed by atoms with Gasteiger partial charge in [-0.15, -0.1) is 0 Å². The maximum atomic E-state index is 12.5. The Bertz CT molecular complexity index is 602. The molecule has 0 amide bonds. The minimum absolute atomic E-state index is 0.00243. The molecule has 1 saturated carbocycles. The van der Waals surface area contributed by atoms with E-state index in [1.807, 2.05) is 48.5 Å². The number of rotatable bonds is 4. The zero-order valence-electron chi connectivity index (χ0n) is 11.5. The van der Waals surface area contributed by atoms with Crippen molar-refractivity contribution >= 4 is 5.78 Å². The molecule has 1 aliphatic rings. The zero-order chi connectivity index (χ0) is 13.9. The fourth-order valence-electron chi connectivity index (χ4n) is 2.68. The van der Waals surface area contributed by atoms with Crippen molar-refractivity contribution in [3.63, 3.8) is 0 Å². The lowest BCUT2D eigenvalue weighted by atomic mass is 9.79. The van der Waals surface area contributed by atoms with Crippen molar-refractivity contribution in [3.05, 3.63) is 71.3 Å². The number of Topliss-reactive ketones (excluding diaryl/α,β-unsaturated/α-hetero) is 1. The molecule has 2 N–H and O–H groups in total. The highest BCUT2D eigenvalue weighted by Gasteiger charge is 2.22. The van der Waals surface area contributed by atoms with E-state index in [-0.39, 0.29) is 5.78 Å². The SMILES string of the molecule is N[C@@H](C(=O)c1cccc(C2CCC2)c1)c1ccccc1. The van der Waals surface area contributed by atoms with Crippen molar-refractivity contribution in [2.24, 2.45) is 5.73 Å². The van der Waals surface area contributed by atoms with E-state index in [9.17, 15) is 4.79 Å². The predicted molar refractivity (Wildman–Crippen MR) is 80.7 cm³/mol. The van der Waals surface area contributed by atoms with Crippen LogP contribution in [0.3, 0.4) is 0 Å². The molecule has 20 heavy (non-hydrogen) atoms. The highest BCUT2D eigenvalue weighted by atomic mass is 16.1. The van der Waals surface area contributed by atoms with Gasteiger partial charge in [-0.1, -0.05) is 55.0 Å². The Kier molecular flexibility index (Phi) is 3.66. The van der Waals surface area contributed by atoms with Gasteiger partial charge in [-0.25, -0.2) is 0 Å². The summed E-state index contributed by atoms with van der Waals surface area (Å²) in [5.41, 5.74) is 8.97. The Morgan fingerprint density at radius 2 is 1.80 bits per heavy atom. The van der Waals surface area contributed by atoms with Crippen molar-refractivity contribution in [1.82, 2.24) is 0 Å². The van der Waals surface area contributed by atoms with Crippen LogP contribution in [-0.4, -0.2) is 5.78 Å². The van der Waals surface area contributed by atoms with E-state index in [0.717, 1.165) is 11.1 Å². The molecule has 2 heteroatoms. The summed E-state index contributed by atoms with van der Waals surface area (Å²) in [6, 6.07) is 17.0. The third-order valence-corrected chi connectivity index (χ3v) is 4.19. The fourth-order valence-corrected chi connectivity index (χ4v) is 2.68. The average Bonchev–Trinajstić information content (AvgIpc) is 2.45. The molecular weight excluding hydrogens is 246 g/mol. The van der Waals surface area contributed by atoms with E-state index in [0.29, 0.717) is 5.92 Å². The van der Waals surface area contributed by atoms with Crippen LogP contribution in [0.2, 0.25) is 0 Å². The number of nitrogens with two attached hydrogens (primary N) is 1. The van der Waals surface area contributed by atoms with E-state index >= 15 is 0 Å². The van der Waals surface area contributed by atoms with E-state index in [4.69, 9.17) is 5.73 Å². The molecule has 0 heterocycles. The lowest BCUT2D eigenvalue weighted by molar-refractivity contribution is 0.0961. The van der Waals surface area contributed by atoms with Gasteiger partial charge in [0, 0.05) is 5.56 Å². The van der Waals surface area contributed by atoms with Gasteiger partial charge < -0.3 is 5.73 Å². The maximum absolute atomic E-state index is 12.5. The molecule has 1 atom stereocenters.